The molecule has 0 bridgehead atoms. The maximum Gasteiger partial charge on any atom is 0.407 e. The van der Waals surface area contributed by atoms with Crippen LogP contribution < -0.4 is 10.6 Å². The Morgan fingerprint density at radius 3 is 2.09 bits per heavy atom. The summed E-state index contributed by atoms with van der Waals surface area (Å²) in [6.45, 7) is -0.524. The third-order valence-corrected chi connectivity index (χ3v) is 6.59. The molecule has 4 rings (SSSR count). The Balaban J connectivity index is 1.37. The van der Waals surface area contributed by atoms with Gasteiger partial charge in [-0.3, -0.25) is 4.79 Å². The molecule has 0 heterocycles. The van der Waals surface area contributed by atoms with Crippen LogP contribution in [0.4, 0.5) is 4.79 Å². The van der Waals surface area contributed by atoms with Gasteiger partial charge in [0, 0.05) is 18.4 Å². The number of benzene rings is 2. The van der Waals surface area contributed by atoms with E-state index < -0.39 is 36.7 Å². The fourth-order valence-corrected chi connectivity index (χ4v) is 4.61. The van der Waals surface area contributed by atoms with Gasteiger partial charge in [0.2, 0.25) is 5.91 Å². The number of hydrogen-bond acceptors (Lipinski definition) is 5. The smallest absolute Gasteiger partial charge is 0.407 e. The standard InChI is InChI=1S/C25H28N2O6/c28-13-22(24(30)31)26-23(29)12-21(15-6-5-7-15)27-25(32)33-14-20-18-10-3-1-8-16(18)17-9-2-4-11-19(17)20/h1-4,8-11,15,20-22,28H,5-7,12-14H2,(H,26,29)(H,27,32)(H,30,31). The maximum atomic E-state index is 12.6. The molecule has 2 unspecified atom stereocenters. The molecule has 33 heavy (non-hydrogen) atoms. The molecule has 0 radical (unpaired) electrons. The number of fused-ring (bicyclic) bond motifs is 3. The van der Waals surface area contributed by atoms with Gasteiger partial charge >= 0.3 is 12.1 Å². The third-order valence-electron chi connectivity index (χ3n) is 6.59. The fourth-order valence-electron chi connectivity index (χ4n) is 4.61. The minimum Gasteiger partial charge on any atom is -0.480 e. The average Bonchev–Trinajstić information content (AvgIpc) is 3.08. The van der Waals surface area contributed by atoms with Crippen LogP contribution in [0.5, 0.6) is 0 Å². The molecule has 2 aromatic carbocycles. The second-order valence-corrected chi connectivity index (χ2v) is 8.61. The number of amides is 2. The summed E-state index contributed by atoms with van der Waals surface area (Å²) in [5, 5.41) is 23.2. The van der Waals surface area contributed by atoms with Gasteiger partial charge in [0.15, 0.2) is 0 Å². The summed E-state index contributed by atoms with van der Waals surface area (Å²) in [5.74, 6) is -1.77. The number of aliphatic hydroxyl groups excluding tert-OH is 1. The first-order valence-corrected chi connectivity index (χ1v) is 11.2. The molecule has 8 nitrogen and oxygen atoms in total. The molecule has 2 atom stereocenters. The Kier molecular flexibility index (Phi) is 6.93. The highest BCUT2D eigenvalue weighted by Crippen LogP contribution is 2.44. The number of carbonyl (C=O) groups is 3. The number of aliphatic hydroxyl groups is 1. The highest BCUT2D eigenvalue weighted by Gasteiger charge is 2.33. The van der Waals surface area contributed by atoms with Crippen molar-refractivity contribution in [3.05, 3.63) is 59.7 Å². The minimum atomic E-state index is -1.37. The number of carboxylic acid groups (broad SMARTS) is 1. The van der Waals surface area contributed by atoms with E-state index in [0.29, 0.717) is 0 Å². The zero-order valence-electron chi connectivity index (χ0n) is 18.2. The molecule has 1 saturated carbocycles. The first-order chi connectivity index (χ1) is 16.0. The van der Waals surface area contributed by atoms with Gasteiger partial charge in [-0.1, -0.05) is 55.0 Å². The first kappa shape index (κ1) is 22.8. The molecule has 0 aliphatic heterocycles. The number of alkyl carbamates (subject to hydrolysis) is 1. The first-order valence-electron chi connectivity index (χ1n) is 11.2. The molecule has 1 fully saturated rings. The summed E-state index contributed by atoms with van der Waals surface area (Å²) in [6.07, 6.45) is 2.11. The van der Waals surface area contributed by atoms with E-state index in [1.54, 1.807) is 0 Å². The Morgan fingerprint density at radius 1 is 0.970 bits per heavy atom. The van der Waals surface area contributed by atoms with Gasteiger partial charge in [-0.25, -0.2) is 9.59 Å². The monoisotopic (exact) mass is 452 g/mol. The van der Waals surface area contributed by atoms with E-state index in [0.717, 1.165) is 41.5 Å². The summed E-state index contributed by atoms with van der Waals surface area (Å²) >= 11 is 0. The van der Waals surface area contributed by atoms with E-state index in [2.05, 4.69) is 22.8 Å². The van der Waals surface area contributed by atoms with E-state index in [4.69, 9.17) is 14.9 Å². The van der Waals surface area contributed by atoms with Gasteiger partial charge in [-0.15, -0.1) is 0 Å². The molecule has 4 N–H and O–H groups in total. The van der Waals surface area contributed by atoms with Crippen LogP contribution in [-0.2, 0) is 14.3 Å². The Bertz CT molecular complexity index is 990. The Morgan fingerprint density at radius 2 is 1.58 bits per heavy atom. The third kappa shape index (κ3) is 5.01. The van der Waals surface area contributed by atoms with Gasteiger partial charge in [0.05, 0.1) is 6.61 Å². The van der Waals surface area contributed by atoms with Crippen LogP contribution in [-0.4, -0.2) is 53.5 Å². The van der Waals surface area contributed by atoms with Crippen molar-refractivity contribution in [2.45, 2.75) is 43.7 Å². The summed E-state index contributed by atoms with van der Waals surface area (Å²) in [6, 6.07) is 14.3. The number of nitrogens with one attached hydrogen (secondary N) is 2. The van der Waals surface area contributed by atoms with Crippen molar-refractivity contribution >= 4 is 18.0 Å². The summed E-state index contributed by atoms with van der Waals surface area (Å²) in [5.41, 5.74) is 4.52. The predicted octanol–water partition coefficient (Wildman–Crippen LogP) is 2.65. The Labute approximate surface area is 192 Å². The minimum absolute atomic E-state index is 0.0607. The SMILES string of the molecule is O=C(CC(NC(=O)OCC1c2ccccc2-c2ccccc21)C1CCC1)NC(CO)C(=O)O. The fraction of sp³-hybridized carbons (Fsp3) is 0.400. The largest absolute Gasteiger partial charge is 0.480 e. The zero-order valence-corrected chi connectivity index (χ0v) is 18.2. The molecule has 2 aliphatic carbocycles. The van der Waals surface area contributed by atoms with Crippen LogP contribution in [0.2, 0.25) is 0 Å². The Hall–Kier alpha value is -3.39. The van der Waals surface area contributed by atoms with Crippen molar-refractivity contribution in [2.75, 3.05) is 13.2 Å². The van der Waals surface area contributed by atoms with Crippen LogP contribution in [0.1, 0.15) is 42.7 Å². The number of carbonyl (C=O) groups excluding carboxylic acids is 2. The number of ether oxygens (including phenoxy) is 1. The molecule has 0 aromatic heterocycles. The second kappa shape index (κ2) is 10.0. The van der Waals surface area contributed by atoms with E-state index >= 15 is 0 Å². The topological polar surface area (TPSA) is 125 Å². The zero-order chi connectivity index (χ0) is 23.4. The van der Waals surface area contributed by atoms with E-state index in [1.807, 2.05) is 36.4 Å². The molecular weight excluding hydrogens is 424 g/mol. The number of hydrogen-bond donors (Lipinski definition) is 4. The van der Waals surface area contributed by atoms with Gasteiger partial charge < -0.3 is 25.6 Å². The van der Waals surface area contributed by atoms with Gasteiger partial charge in [0.1, 0.15) is 12.6 Å². The lowest BCUT2D eigenvalue weighted by atomic mass is 9.78. The molecule has 2 aromatic rings. The van der Waals surface area contributed by atoms with E-state index in [1.165, 1.54) is 0 Å². The van der Waals surface area contributed by atoms with Crippen molar-refractivity contribution in [1.29, 1.82) is 0 Å². The van der Waals surface area contributed by atoms with Gasteiger partial charge in [-0.2, -0.15) is 0 Å². The van der Waals surface area contributed by atoms with Crippen molar-refractivity contribution in [3.63, 3.8) is 0 Å². The van der Waals surface area contributed by atoms with E-state index in [9.17, 15) is 14.4 Å². The van der Waals surface area contributed by atoms with Crippen molar-refractivity contribution in [1.82, 2.24) is 10.6 Å². The van der Waals surface area contributed by atoms with Crippen LogP contribution in [0.15, 0.2) is 48.5 Å². The van der Waals surface area contributed by atoms with Gasteiger partial charge in [0.25, 0.3) is 0 Å². The van der Waals surface area contributed by atoms with E-state index in [-0.39, 0.29) is 24.9 Å². The molecule has 2 aliphatic rings. The molecule has 0 spiro atoms. The van der Waals surface area contributed by atoms with Crippen molar-refractivity contribution in [2.24, 2.45) is 5.92 Å². The maximum absolute atomic E-state index is 12.6. The quantitative estimate of drug-likeness (QED) is 0.464. The molecule has 8 heteroatoms. The molecular formula is C25H28N2O6. The molecule has 0 saturated heterocycles. The number of carboxylic acids is 1. The normalized spacial score (nSPS) is 16.6. The van der Waals surface area contributed by atoms with Crippen LogP contribution in [0.3, 0.4) is 0 Å². The highest BCUT2D eigenvalue weighted by molar-refractivity contribution is 5.84. The van der Waals surface area contributed by atoms with Crippen molar-refractivity contribution < 1.29 is 29.3 Å². The lowest BCUT2D eigenvalue weighted by Gasteiger charge is -2.34. The molecule has 174 valence electrons. The lowest BCUT2D eigenvalue weighted by Crippen LogP contribution is -2.49. The summed E-state index contributed by atoms with van der Waals surface area (Å²) in [4.78, 5) is 36.0. The van der Waals surface area contributed by atoms with Crippen LogP contribution in [0, 0.1) is 5.92 Å². The van der Waals surface area contributed by atoms with Crippen molar-refractivity contribution in [3.8, 4) is 11.1 Å². The number of rotatable bonds is 9. The van der Waals surface area contributed by atoms with Crippen LogP contribution >= 0.6 is 0 Å². The summed E-state index contributed by atoms with van der Waals surface area (Å²) in [7, 11) is 0. The van der Waals surface area contributed by atoms with Crippen LogP contribution in [0.25, 0.3) is 11.1 Å². The van der Waals surface area contributed by atoms with Gasteiger partial charge in [-0.05, 0) is 41.0 Å². The number of aliphatic carboxylic acids is 1. The highest BCUT2D eigenvalue weighted by atomic mass is 16.5. The predicted molar refractivity (Wildman–Crippen MR) is 121 cm³/mol. The molecule has 2 amide bonds. The second-order valence-electron chi connectivity index (χ2n) is 8.61. The lowest BCUT2D eigenvalue weighted by molar-refractivity contribution is -0.143. The average molecular weight is 453 g/mol. The summed E-state index contributed by atoms with van der Waals surface area (Å²) < 4.78 is 5.60.